The van der Waals surface area contributed by atoms with E-state index in [-0.39, 0.29) is 34.3 Å². The molecule has 1 heterocycles. The molecule has 5 N–H and O–H groups in total. The molecule has 0 atom stereocenters. The molecule has 4 aromatic rings. The van der Waals surface area contributed by atoms with Crippen molar-refractivity contribution in [1.82, 2.24) is 4.98 Å². The number of benzene rings is 3. The van der Waals surface area contributed by atoms with E-state index in [9.17, 15) is 14.4 Å². The van der Waals surface area contributed by atoms with Crippen LogP contribution in [-0.4, -0.2) is 22.6 Å². The van der Waals surface area contributed by atoms with Gasteiger partial charge >= 0.3 is 0 Å². The Balaban J connectivity index is 1.63. The first kappa shape index (κ1) is 23.8. The average molecular weight is 469 g/mol. The summed E-state index contributed by atoms with van der Waals surface area (Å²) in [4.78, 5) is 41.6. The fraction of sp³-hybridized carbons (Fsp3) is 0.179. The first-order chi connectivity index (χ1) is 16.9. The molecule has 0 aliphatic rings. The molecule has 35 heavy (non-hydrogen) atoms. The highest BCUT2D eigenvalue weighted by atomic mass is 16.2. The Morgan fingerprint density at radius 3 is 2.31 bits per heavy atom. The zero-order valence-corrected chi connectivity index (χ0v) is 19.8. The molecule has 0 saturated heterocycles. The number of aryl methyl sites for hydroxylation is 1. The Hall–Kier alpha value is -4.39. The lowest BCUT2D eigenvalue weighted by Crippen LogP contribution is -2.19. The minimum atomic E-state index is -0.400. The standard InChI is InChI=1S/C28H28N4O3/c1-3-4-5-18-6-8-20(9-7-18)27(34)32-26-23(13-12-22(29)25(26)17(2)33)31-28(35)21-11-10-19-14-15-30-24(19)16-21/h6-16,30H,3-5,29H2,1-2H3,(H,31,35)(H,32,34). The quantitative estimate of drug-likeness (QED) is 0.193. The van der Waals surface area contributed by atoms with E-state index in [1.165, 1.54) is 6.92 Å². The van der Waals surface area contributed by atoms with Gasteiger partial charge < -0.3 is 21.4 Å². The number of hydrogen-bond acceptors (Lipinski definition) is 4. The number of anilines is 3. The summed E-state index contributed by atoms with van der Waals surface area (Å²) in [7, 11) is 0. The highest BCUT2D eigenvalue weighted by Gasteiger charge is 2.20. The molecule has 0 fully saturated rings. The van der Waals surface area contributed by atoms with E-state index in [1.807, 2.05) is 24.3 Å². The van der Waals surface area contributed by atoms with E-state index < -0.39 is 5.91 Å². The number of unbranched alkanes of at least 4 members (excludes halogenated alkanes) is 1. The molecule has 0 radical (unpaired) electrons. The number of aromatic amines is 1. The van der Waals surface area contributed by atoms with Crippen LogP contribution in [0.5, 0.6) is 0 Å². The molecule has 0 spiro atoms. The molecule has 178 valence electrons. The number of nitrogen functional groups attached to an aromatic ring is 1. The summed E-state index contributed by atoms with van der Waals surface area (Å²) < 4.78 is 0. The molecule has 0 bridgehead atoms. The first-order valence-electron chi connectivity index (χ1n) is 11.6. The SMILES string of the molecule is CCCCc1ccc(C(=O)Nc2c(NC(=O)c3ccc4cc[nH]c4c3)ccc(N)c2C(C)=O)cc1. The molecule has 7 heteroatoms. The van der Waals surface area contributed by atoms with Gasteiger partial charge in [-0.05, 0) is 73.2 Å². The summed E-state index contributed by atoms with van der Waals surface area (Å²) in [6.07, 6.45) is 4.93. The predicted molar refractivity (Wildman–Crippen MR) is 140 cm³/mol. The van der Waals surface area contributed by atoms with Crippen LogP contribution in [0.4, 0.5) is 17.1 Å². The van der Waals surface area contributed by atoms with E-state index in [4.69, 9.17) is 5.73 Å². The highest BCUT2D eigenvalue weighted by molar-refractivity contribution is 6.16. The Kier molecular flexibility index (Phi) is 6.96. The van der Waals surface area contributed by atoms with Crippen LogP contribution in [0.2, 0.25) is 0 Å². The van der Waals surface area contributed by atoms with Gasteiger partial charge in [0.25, 0.3) is 11.8 Å². The summed E-state index contributed by atoms with van der Waals surface area (Å²) in [5, 5.41) is 6.61. The van der Waals surface area contributed by atoms with Crippen LogP contribution in [-0.2, 0) is 6.42 Å². The minimum absolute atomic E-state index is 0.149. The van der Waals surface area contributed by atoms with E-state index in [0.29, 0.717) is 11.1 Å². The number of Topliss-reactive ketones (excluding diaryl/α,β-unsaturated/α-hetero) is 1. The van der Waals surface area contributed by atoms with Crippen LogP contribution in [0.15, 0.2) is 66.9 Å². The van der Waals surface area contributed by atoms with Crippen molar-refractivity contribution in [3.05, 3.63) is 89.1 Å². The van der Waals surface area contributed by atoms with Crippen LogP contribution in [0.1, 0.15) is 63.3 Å². The second-order valence-electron chi connectivity index (χ2n) is 8.50. The van der Waals surface area contributed by atoms with Crippen LogP contribution >= 0.6 is 0 Å². The first-order valence-corrected chi connectivity index (χ1v) is 11.6. The molecule has 0 saturated carbocycles. The maximum Gasteiger partial charge on any atom is 0.255 e. The van der Waals surface area contributed by atoms with Crippen molar-refractivity contribution < 1.29 is 14.4 Å². The lowest BCUT2D eigenvalue weighted by Gasteiger charge is -2.17. The van der Waals surface area contributed by atoms with Gasteiger partial charge in [0.1, 0.15) is 0 Å². The molecule has 4 rings (SSSR count). The average Bonchev–Trinajstić information content (AvgIpc) is 3.32. The van der Waals surface area contributed by atoms with Gasteiger partial charge in [0.2, 0.25) is 0 Å². The molecule has 7 nitrogen and oxygen atoms in total. The Labute approximate surface area is 203 Å². The number of fused-ring (bicyclic) bond motifs is 1. The van der Waals surface area contributed by atoms with E-state index in [1.54, 1.807) is 42.6 Å². The fourth-order valence-electron chi connectivity index (χ4n) is 4.01. The maximum absolute atomic E-state index is 13.1. The number of hydrogen-bond donors (Lipinski definition) is 4. The van der Waals surface area contributed by atoms with Gasteiger partial charge in [-0.1, -0.05) is 31.5 Å². The molecule has 3 aromatic carbocycles. The van der Waals surface area contributed by atoms with E-state index >= 15 is 0 Å². The summed E-state index contributed by atoms with van der Waals surface area (Å²) in [5.74, 6) is -1.10. The van der Waals surface area contributed by atoms with Gasteiger partial charge in [0.15, 0.2) is 5.78 Å². The van der Waals surface area contributed by atoms with Gasteiger partial charge in [-0.2, -0.15) is 0 Å². The molecule has 0 unspecified atom stereocenters. The number of carbonyl (C=O) groups is 3. The normalized spacial score (nSPS) is 10.8. The zero-order chi connectivity index (χ0) is 24.9. The molecular formula is C28H28N4O3. The van der Waals surface area contributed by atoms with Gasteiger partial charge in [-0.25, -0.2) is 0 Å². The summed E-state index contributed by atoms with van der Waals surface area (Å²) in [6.45, 7) is 3.50. The van der Waals surface area contributed by atoms with Crippen LogP contribution < -0.4 is 16.4 Å². The zero-order valence-electron chi connectivity index (χ0n) is 19.8. The number of nitrogens with two attached hydrogens (primary N) is 1. The van der Waals surface area contributed by atoms with Crippen LogP contribution in [0, 0.1) is 0 Å². The molecule has 0 aliphatic carbocycles. The number of carbonyl (C=O) groups excluding carboxylic acids is 3. The minimum Gasteiger partial charge on any atom is -0.398 e. The van der Waals surface area contributed by atoms with Crippen LogP contribution in [0.25, 0.3) is 10.9 Å². The number of rotatable bonds is 8. The van der Waals surface area contributed by atoms with E-state index in [2.05, 4.69) is 22.5 Å². The van der Waals surface area contributed by atoms with Crippen molar-refractivity contribution in [3.63, 3.8) is 0 Å². The van der Waals surface area contributed by atoms with Crippen molar-refractivity contribution in [2.75, 3.05) is 16.4 Å². The van der Waals surface area contributed by atoms with Gasteiger partial charge in [0.05, 0.1) is 16.9 Å². The van der Waals surface area contributed by atoms with E-state index in [0.717, 1.165) is 35.7 Å². The second kappa shape index (κ2) is 10.3. The fourth-order valence-corrected chi connectivity index (χ4v) is 4.01. The molecule has 2 amide bonds. The largest absolute Gasteiger partial charge is 0.398 e. The van der Waals surface area contributed by atoms with Crippen molar-refractivity contribution in [2.45, 2.75) is 33.1 Å². The predicted octanol–water partition coefficient (Wildman–Crippen LogP) is 5.80. The third-order valence-electron chi connectivity index (χ3n) is 5.93. The maximum atomic E-state index is 13.1. The third-order valence-corrected chi connectivity index (χ3v) is 5.93. The topological polar surface area (TPSA) is 117 Å². The summed E-state index contributed by atoms with van der Waals surface area (Å²) in [6, 6.07) is 17.7. The number of nitrogens with one attached hydrogen (secondary N) is 3. The van der Waals surface area contributed by atoms with Crippen molar-refractivity contribution >= 4 is 45.6 Å². The Morgan fingerprint density at radius 1 is 0.886 bits per heavy atom. The Bertz CT molecular complexity index is 1400. The summed E-state index contributed by atoms with van der Waals surface area (Å²) in [5.41, 5.74) is 9.76. The van der Waals surface area contributed by atoms with Gasteiger partial charge in [-0.15, -0.1) is 0 Å². The van der Waals surface area contributed by atoms with Crippen molar-refractivity contribution in [1.29, 1.82) is 0 Å². The van der Waals surface area contributed by atoms with Crippen molar-refractivity contribution in [3.8, 4) is 0 Å². The monoisotopic (exact) mass is 468 g/mol. The molecular weight excluding hydrogens is 440 g/mol. The lowest BCUT2D eigenvalue weighted by molar-refractivity contribution is 0.101. The number of amides is 2. The number of H-pyrrole nitrogens is 1. The third kappa shape index (κ3) is 5.24. The Morgan fingerprint density at radius 2 is 1.60 bits per heavy atom. The smallest absolute Gasteiger partial charge is 0.255 e. The lowest BCUT2D eigenvalue weighted by atomic mass is 10.0. The van der Waals surface area contributed by atoms with Crippen LogP contribution in [0.3, 0.4) is 0 Å². The number of aromatic nitrogens is 1. The van der Waals surface area contributed by atoms with Gasteiger partial charge in [-0.3, -0.25) is 14.4 Å². The highest BCUT2D eigenvalue weighted by Crippen LogP contribution is 2.32. The molecule has 1 aromatic heterocycles. The van der Waals surface area contributed by atoms with Gasteiger partial charge in [0, 0.05) is 28.5 Å². The second-order valence-corrected chi connectivity index (χ2v) is 8.50. The van der Waals surface area contributed by atoms with Crippen molar-refractivity contribution in [2.24, 2.45) is 0 Å². The summed E-state index contributed by atoms with van der Waals surface area (Å²) >= 11 is 0. The molecule has 0 aliphatic heterocycles. The number of ketones is 1.